The molecule has 1 heterocycles. The fourth-order valence-corrected chi connectivity index (χ4v) is 2.10. The van der Waals surface area contributed by atoms with Gasteiger partial charge in [-0.05, 0) is 33.6 Å². The van der Waals surface area contributed by atoms with E-state index in [1.165, 1.54) is 11.3 Å². The Hall–Kier alpha value is -0.870. The molecular formula is C12H23N3O. The number of nitrogens with two attached hydrogens (primary N) is 1. The van der Waals surface area contributed by atoms with Crippen LogP contribution in [0.15, 0.2) is 0 Å². The summed E-state index contributed by atoms with van der Waals surface area (Å²) >= 11 is 0. The molecule has 92 valence electrons. The molecule has 4 heteroatoms. The van der Waals surface area contributed by atoms with Crippen molar-refractivity contribution in [3.63, 3.8) is 0 Å². The Kier molecular flexibility index (Phi) is 4.96. The summed E-state index contributed by atoms with van der Waals surface area (Å²) in [5, 5.41) is 4.52. The lowest BCUT2D eigenvalue weighted by atomic mass is 10.1. The van der Waals surface area contributed by atoms with Crippen molar-refractivity contribution < 1.29 is 4.74 Å². The van der Waals surface area contributed by atoms with Gasteiger partial charge in [-0.2, -0.15) is 5.10 Å². The van der Waals surface area contributed by atoms with Gasteiger partial charge in [0.2, 0.25) is 0 Å². The zero-order valence-corrected chi connectivity index (χ0v) is 10.8. The minimum absolute atomic E-state index is 0.0627. The number of aromatic nitrogens is 2. The van der Waals surface area contributed by atoms with E-state index in [0.717, 1.165) is 31.7 Å². The highest BCUT2D eigenvalue weighted by Gasteiger charge is 2.13. The van der Waals surface area contributed by atoms with Gasteiger partial charge in [-0.15, -0.1) is 0 Å². The maximum absolute atomic E-state index is 5.93. The summed E-state index contributed by atoms with van der Waals surface area (Å²) in [6.07, 6.45) is 2.16. The van der Waals surface area contributed by atoms with Crippen LogP contribution in [0.5, 0.6) is 0 Å². The van der Waals surface area contributed by atoms with E-state index in [9.17, 15) is 0 Å². The van der Waals surface area contributed by atoms with Crippen LogP contribution in [0.3, 0.4) is 0 Å². The quantitative estimate of drug-likeness (QED) is 0.753. The zero-order valence-electron chi connectivity index (χ0n) is 10.8. The highest BCUT2D eigenvalue weighted by atomic mass is 16.5. The van der Waals surface area contributed by atoms with Crippen LogP contribution in [0, 0.1) is 13.8 Å². The van der Waals surface area contributed by atoms with Gasteiger partial charge in [-0.1, -0.05) is 0 Å². The highest BCUT2D eigenvalue weighted by Crippen LogP contribution is 2.19. The number of aryl methyl sites for hydroxylation is 2. The van der Waals surface area contributed by atoms with Crippen molar-refractivity contribution in [2.45, 2.75) is 46.2 Å². The van der Waals surface area contributed by atoms with Gasteiger partial charge in [0.1, 0.15) is 0 Å². The van der Waals surface area contributed by atoms with Crippen LogP contribution in [-0.2, 0) is 11.3 Å². The average Bonchev–Trinajstić information content (AvgIpc) is 2.49. The summed E-state index contributed by atoms with van der Waals surface area (Å²) < 4.78 is 7.09. The lowest BCUT2D eigenvalue weighted by molar-refractivity contribution is 0.191. The Morgan fingerprint density at radius 3 is 2.56 bits per heavy atom. The Balaban J connectivity index is 2.64. The zero-order chi connectivity index (χ0) is 12.1. The smallest absolute Gasteiger partial charge is 0.0644 e. The van der Waals surface area contributed by atoms with E-state index in [4.69, 9.17) is 10.5 Å². The molecule has 16 heavy (non-hydrogen) atoms. The number of unbranched alkanes of at least 4 members (excludes halogenated alkanes) is 1. The first kappa shape index (κ1) is 13.2. The first-order chi connectivity index (χ1) is 7.57. The van der Waals surface area contributed by atoms with Gasteiger partial charge in [0.15, 0.2) is 0 Å². The molecule has 0 spiro atoms. The number of methoxy groups -OCH3 is 1. The van der Waals surface area contributed by atoms with E-state index in [2.05, 4.69) is 16.7 Å². The molecule has 0 radical (unpaired) electrons. The van der Waals surface area contributed by atoms with E-state index >= 15 is 0 Å². The molecule has 1 rings (SSSR count). The van der Waals surface area contributed by atoms with Crippen LogP contribution in [-0.4, -0.2) is 23.5 Å². The lowest BCUT2D eigenvalue weighted by Gasteiger charge is -2.07. The van der Waals surface area contributed by atoms with Gasteiger partial charge in [0.05, 0.1) is 5.69 Å². The summed E-state index contributed by atoms with van der Waals surface area (Å²) in [6, 6.07) is 0.0627. The van der Waals surface area contributed by atoms with Gasteiger partial charge in [0.25, 0.3) is 0 Å². The molecular weight excluding hydrogens is 202 g/mol. The molecule has 0 saturated carbocycles. The Bertz CT molecular complexity index is 331. The lowest BCUT2D eigenvalue weighted by Crippen LogP contribution is -2.08. The largest absolute Gasteiger partial charge is 0.385 e. The van der Waals surface area contributed by atoms with Crippen LogP contribution in [0.1, 0.15) is 42.8 Å². The van der Waals surface area contributed by atoms with Crippen LogP contribution in [0.25, 0.3) is 0 Å². The summed E-state index contributed by atoms with van der Waals surface area (Å²) in [4.78, 5) is 0. The molecule has 0 aliphatic heterocycles. The second-order valence-electron chi connectivity index (χ2n) is 4.30. The molecule has 0 aliphatic rings. The normalized spacial score (nSPS) is 13.1. The van der Waals surface area contributed by atoms with Crippen LogP contribution < -0.4 is 5.73 Å². The molecule has 2 N–H and O–H groups in total. The molecule has 1 atom stereocenters. The van der Waals surface area contributed by atoms with E-state index in [1.807, 2.05) is 13.8 Å². The molecule has 4 nitrogen and oxygen atoms in total. The van der Waals surface area contributed by atoms with Crippen LogP contribution >= 0.6 is 0 Å². The molecule has 1 aromatic rings. The third kappa shape index (κ3) is 3.06. The van der Waals surface area contributed by atoms with Crippen molar-refractivity contribution in [1.29, 1.82) is 0 Å². The fourth-order valence-electron chi connectivity index (χ4n) is 2.10. The Labute approximate surface area is 97.8 Å². The molecule has 0 fully saturated rings. The fraction of sp³-hybridized carbons (Fsp3) is 0.750. The summed E-state index contributed by atoms with van der Waals surface area (Å²) in [6.45, 7) is 7.89. The molecule has 0 saturated heterocycles. The van der Waals surface area contributed by atoms with E-state index in [1.54, 1.807) is 7.11 Å². The maximum atomic E-state index is 5.93. The number of nitrogens with zero attached hydrogens (tertiary/aromatic N) is 2. The first-order valence-corrected chi connectivity index (χ1v) is 5.86. The predicted molar refractivity (Wildman–Crippen MR) is 65.4 cm³/mol. The summed E-state index contributed by atoms with van der Waals surface area (Å²) in [7, 11) is 1.73. The topological polar surface area (TPSA) is 53.1 Å². The number of rotatable bonds is 6. The van der Waals surface area contributed by atoms with Crippen LogP contribution in [0.4, 0.5) is 0 Å². The third-order valence-corrected chi connectivity index (χ3v) is 2.86. The van der Waals surface area contributed by atoms with Gasteiger partial charge < -0.3 is 10.5 Å². The SMILES string of the molecule is COCCCCn1nc(C)c(C(C)N)c1C. The maximum Gasteiger partial charge on any atom is 0.0644 e. The van der Waals surface area contributed by atoms with Gasteiger partial charge in [-0.25, -0.2) is 0 Å². The molecule has 0 aromatic carbocycles. The van der Waals surface area contributed by atoms with E-state index in [-0.39, 0.29) is 6.04 Å². The van der Waals surface area contributed by atoms with Crippen molar-refractivity contribution in [3.05, 3.63) is 17.0 Å². The standard InChI is InChI=1S/C12H23N3O/c1-9(13)12-10(2)14-15(11(12)3)7-5-6-8-16-4/h9H,5-8,13H2,1-4H3. The van der Waals surface area contributed by atoms with Crippen LogP contribution in [0.2, 0.25) is 0 Å². The summed E-state index contributed by atoms with van der Waals surface area (Å²) in [5.41, 5.74) is 9.37. The highest BCUT2D eigenvalue weighted by molar-refractivity contribution is 5.27. The van der Waals surface area contributed by atoms with Crippen molar-refractivity contribution in [2.24, 2.45) is 5.73 Å². The number of hydrogen-bond acceptors (Lipinski definition) is 3. The number of ether oxygens (including phenoxy) is 1. The predicted octanol–water partition coefficient (Wildman–Crippen LogP) is 1.95. The van der Waals surface area contributed by atoms with E-state index in [0.29, 0.717) is 0 Å². The molecule has 0 bridgehead atoms. The minimum Gasteiger partial charge on any atom is -0.385 e. The minimum atomic E-state index is 0.0627. The second-order valence-corrected chi connectivity index (χ2v) is 4.30. The van der Waals surface area contributed by atoms with E-state index < -0.39 is 0 Å². The van der Waals surface area contributed by atoms with Crippen molar-refractivity contribution in [2.75, 3.05) is 13.7 Å². The monoisotopic (exact) mass is 225 g/mol. The number of hydrogen-bond donors (Lipinski definition) is 1. The molecule has 1 aromatic heterocycles. The van der Waals surface area contributed by atoms with Gasteiger partial charge in [0, 0.05) is 37.6 Å². The third-order valence-electron chi connectivity index (χ3n) is 2.86. The second kappa shape index (κ2) is 6.01. The van der Waals surface area contributed by atoms with Crippen molar-refractivity contribution in [1.82, 2.24) is 9.78 Å². The molecule has 0 aliphatic carbocycles. The van der Waals surface area contributed by atoms with Gasteiger partial charge >= 0.3 is 0 Å². The van der Waals surface area contributed by atoms with Crippen molar-refractivity contribution in [3.8, 4) is 0 Å². The summed E-state index contributed by atoms with van der Waals surface area (Å²) in [5.74, 6) is 0. The Morgan fingerprint density at radius 2 is 2.06 bits per heavy atom. The average molecular weight is 225 g/mol. The molecule has 0 amide bonds. The Morgan fingerprint density at radius 1 is 1.38 bits per heavy atom. The van der Waals surface area contributed by atoms with Gasteiger partial charge in [-0.3, -0.25) is 4.68 Å². The molecule has 1 unspecified atom stereocenters. The first-order valence-electron chi connectivity index (χ1n) is 5.86. The van der Waals surface area contributed by atoms with Crippen molar-refractivity contribution >= 4 is 0 Å².